The highest BCUT2D eigenvalue weighted by Gasteiger charge is 2.30. The molecule has 2 aromatic rings. The zero-order chi connectivity index (χ0) is 14.8. The number of benzene rings is 1. The number of aliphatic hydroxyl groups excluding tert-OH is 1. The molecule has 1 unspecified atom stereocenters. The Morgan fingerprint density at radius 3 is 2.95 bits per heavy atom. The molecule has 0 spiro atoms. The van der Waals surface area contributed by atoms with Gasteiger partial charge in [0.1, 0.15) is 11.5 Å². The van der Waals surface area contributed by atoms with E-state index in [1.165, 1.54) is 10.7 Å². The summed E-state index contributed by atoms with van der Waals surface area (Å²) in [4.78, 5) is 14.0. The van der Waals surface area contributed by atoms with Crippen LogP contribution in [0.15, 0.2) is 36.5 Å². The largest absolute Gasteiger partial charge is 0.394 e. The van der Waals surface area contributed by atoms with Gasteiger partial charge in [-0.2, -0.15) is 5.10 Å². The van der Waals surface area contributed by atoms with Gasteiger partial charge in [-0.25, -0.2) is 9.07 Å². The molecule has 21 heavy (non-hydrogen) atoms. The molecule has 0 aliphatic carbocycles. The SMILES string of the molecule is O=C(c1ccn(-c2ccccc2F)n1)N1CCCC1CO. The molecule has 2 heterocycles. The van der Waals surface area contributed by atoms with Gasteiger partial charge in [0.05, 0.1) is 12.6 Å². The average Bonchev–Trinajstić information content (AvgIpc) is 3.16. The molecule has 1 amide bonds. The summed E-state index contributed by atoms with van der Waals surface area (Å²) >= 11 is 0. The fourth-order valence-corrected chi connectivity index (χ4v) is 2.65. The second-order valence-electron chi connectivity index (χ2n) is 5.07. The van der Waals surface area contributed by atoms with Crippen LogP contribution in [0.2, 0.25) is 0 Å². The highest BCUT2D eigenvalue weighted by molar-refractivity contribution is 5.92. The number of hydrogen-bond acceptors (Lipinski definition) is 3. The summed E-state index contributed by atoms with van der Waals surface area (Å²) < 4.78 is 15.1. The van der Waals surface area contributed by atoms with Gasteiger partial charge < -0.3 is 10.0 Å². The average molecular weight is 289 g/mol. The molecule has 0 bridgehead atoms. The number of likely N-dealkylation sites (tertiary alicyclic amines) is 1. The smallest absolute Gasteiger partial charge is 0.274 e. The third-order valence-corrected chi connectivity index (χ3v) is 3.76. The minimum Gasteiger partial charge on any atom is -0.394 e. The number of para-hydroxylation sites is 1. The maximum absolute atomic E-state index is 13.7. The maximum atomic E-state index is 13.7. The number of nitrogens with zero attached hydrogens (tertiary/aromatic N) is 3. The van der Waals surface area contributed by atoms with E-state index in [0.29, 0.717) is 12.2 Å². The third kappa shape index (κ3) is 2.54. The normalized spacial score (nSPS) is 18.2. The third-order valence-electron chi connectivity index (χ3n) is 3.76. The molecule has 1 fully saturated rings. The number of aliphatic hydroxyl groups is 1. The van der Waals surface area contributed by atoms with E-state index < -0.39 is 5.82 Å². The van der Waals surface area contributed by atoms with E-state index in [0.717, 1.165) is 12.8 Å². The van der Waals surface area contributed by atoms with Crippen LogP contribution in [0.4, 0.5) is 4.39 Å². The van der Waals surface area contributed by atoms with Gasteiger partial charge in [-0.15, -0.1) is 0 Å². The Kier molecular flexibility index (Phi) is 3.70. The molecule has 1 aromatic heterocycles. The fourth-order valence-electron chi connectivity index (χ4n) is 2.65. The van der Waals surface area contributed by atoms with E-state index in [9.17, 15) is 14.3 Å². The number of carbonyl (C=O) groups is 1. The number of halogens is 1. The van der Waals surface area contributed by atoms with Crippen LogP contribution in [-0.4, -0.2) is 44.9 Å². The van der Waals surface area contributed by atoms with Gasteiger partial charge in [0, 0.05) is 12.7 Å². The lowest BCUT2D eigenvalue weighted by atomic mass is 10.2. The van der Waals surface area contributed by atoms with Crippen molar-refractivity contribution in [1.82, 2.24) is 14.7 Å². The maximum Gasteiger partial charge on any atom is 0.274 e. The molecule has 0 radical (unpaired) electrons. The summed E-state index contributed by atoms with van der Waals surface area (Å²) in [5.74, 6) is -0.615. The summed E-state index contributed by atoms with van der Waals surface area (Å²) in [5, 5.41) is 13.4. The molecule has 110 valence electrons. The van der Waals surface area contributed by atoms with Gasteiger partial charge in [0.2, 0.25) is 0 Å². The molecule has 6 heteroatoms. The van der Waals surface area contributed by atoms with Gasteiger partial charge in [-0.3, -0.25) is 4.79 Å². The van der Waals surface area contributed by atoms with Crippen LogP contribution in [0.5, 0.6) is 0 Å². The quantitative estimate of drug-likeness (QED) is 0.934. The Morgan fingerprint density at radius 2 is 2.19 bits per heavy atom. The molecular weight excluding hydrogens is 273 g/mol. The minimum atomic E-state index is -0.394. The zero-order valence-electron chi connectivity index (χ0n) is 11.4. The molecule has 3 rings (SSSR count). The summed E-state index contributed by atoms with van der Waals surface area (Å²) in [6.07, 6.45) is 3.25. The second kappa shape index (κ2) is 5.65. The first-order chi connectivity index (χ1) is 10.2. The Labute approximate surface area is 121 Å². The molecule has 5 nitrogen and oxygen atoms in total. The molecule has 1 aliphatic heterocycles. The lowest BCUT2D eigenvalue weighted by Gasteiger charge is -2.21. The van der Waals surface area contributed by atoms with Crippen molar-refractivity contribution in [2.24, 2.45) is 0 Å². The van der Waals surface area contributed by atoms with Crippen molar-refractivity contribution in [2.75, 3.05) is 13.2 Å². The van der Waals surface area contributed by atoms with E-state index in [2.05, 4.69) is 5.10 Å². The van der Waals surface area contributed by atoms with Crippen LogP contribution in [0.25, 0.3) is 5.69 Å². The molecule has 0 saturated carbocycles. The number of amides is 1. The standard InChI is InChI=1S/C15H16FN3O2/c16-12-5-1-2-6-14(12)19-9-7-13(17-19)15(21)18-8-3-4-11(18)10-20/h1-2,5-7,9,11,20H,3-4,8,10H2. The lowest BCUT2D eigenvalue weighted by molar-refractivity contribution is 0.0671. The fraction of sp³-hybridized carbons (Fsp3) is 0.333. The van der Waals surface area contributed by atoms with Crippen molar-refractivity contribution < 1.29 is 14.3 Å². The first-order valence-electron chi connectivity index (χ1n) is 6.93. The summed E-state index contributed by atoms with van der Waals surface area (Å²) in [7, 11) is 0. The van der Waals surface area contributed by atoms with E-state index in [-0.39, 0.29) is 24.2 Å². The van der Waals surface area contributed by atoms with Crippen LogP contribution in [-0.2, 0) is 0 Å². The summed E-state index contributed by atoms with van der Waals surface area (Å²) in [5.41, 5.74) is 0.565. The first-order valence-corrected chi connectivity index (χ1v) is 6.93. The van der Waals surface area contributed by atoms with Crippen molar-refractivity contribution >= 4 is 5.91 Å². The Hall–Kier alpha value is -2.21. The molecule has 1 aliphatic rings. The van der Waals surface area contributed by atoms with Crippen molar-refractivity contribution in [2.45, 2.75) is 18.9 Å². The number of hydrogen-bond donors (Lipinski definition) is 1. The van der Waals surface area contributed by atoms with Crippen molar-refractivity contribution in [3.8, 4) is 5.69 Å². The molecule has 1 N–H and O–H groups in total. The van der Waals surface area contributed by atoms with E-state index in [1.54, 1.807) is 35.4 Å². The summed E-state index contributed by atoms with van der Waals surface area (Å²) in [6.45, 7) is 0.580. The zero-order valence-corrected chi connectivity index (χ0v) is 11.4. The Bertz CT molecular complexity index is 656. The van der Waals surface area contributed by atoms with E-state index in [1.807, 2.05) is 0 Å². The van der Waals surface area contributed by atoms with Crippen molar-refractivity contribution in [3.63, 3.8) is 0 Å². The van der Waals surface area contributed by atoms with Crippen LogP contribution in [0.3, 0.4) is 0 Å². The van der Waals surface area contributed by atoms with Gasteiger partial charge in [0.25, 0.3) is 5.91 Å². The lowest BCUT2D eigenvalue weighted by Crippen LogP contribution is -2.37. The van der Waals surface area contributed by atoms with Crippen LogP contribution < -0.4 is 0 Å². The minimum absolute atomic E-state index is 0.0419. The van der Waals surface area contributed by atoms with Gasteiger partial charge >= 0.3 is 0 Å². The van der Waals surface area contributed by atoms with Gasteiger partial charge in [-0.05, 0) is 31.0 Å². The van der Waals surface area contributed by atoms with E-state index in [4.69, 9.17) is 0 Å². The number of carbonyl (C=O) groups excluding carboxylic acids is 1. The number of aromatic nitrogens is 2. The van der Waals surface area contributed by atoms with Gasteiger partial charge in [0.15, 0.2) is 5.69 Å². The van der Waals surface area contributed by atoms with Crippen molar-refractivity contribution in [3.05, 3.63) is 48.0 Å². The van der Waals surface area contributed by atoms with Gasteiger partial charge in [-0.1, -0.05) is 12.1 Å². The van der Waals surface area contributed by atoms with E-state index >= 15 is 0 Å². The topological polar surface area (TPSA) is 58.4 Å². The second-order valence-corrected chi connectivity index (χ2v) is 5.07. The van der Waals surface area contributed by atoms with Crippen LogP contribution in [0.1, 0.15) is 23.3 Å². The number of rotatable bonds is 3. The molecular formula is C15H16FN3O2. The predicted octanol–water partition coefficient (Wildman–Crippen LogP) is 1.61. The molecule has 1 aromatic carbocycles. The Morgan fingerprint density at radius 1 is 1.38 bits per heavy atom. The van der Waals surface area contributed by atoms with Crippen LogP contribution >= 0.6 is 0 Å². The monoisotopic (exact) mass is 289 g/mol. The van der Waals surface area contributed by atoms with Crippen molar-refractivity contribution in [1.29, 1.82) is 0 Å². The van der Waals surface area contributed by atoms with Crippen LogP contribution in [0, 0.1) is 5.82 Å². The highest BCUT2D eigenvalue weighted by Crippen LogP contribution is 2.20. The molecule has 1 atom stereocenters. The first kappa shape index (κ1) is 13.8. The Balaban J connectivity index is 1.85. The summed E-state index contributed by atoms with van der Waals surface area (Å²) in [6, 6.07) is 7.69. The predicted molar refractivity (Wildman–Crippen MR) is 74.7 cm³/mol. The molecule has 1 saturated heterocycles. The highest BCUT2D eigenvalue weighted by atomic mass is 19.1.